The van der Waals surface area contributed by atoms with Crippen molar-refractivity contribution in [3.63, 3.8) is 0 Å². The van der Waals surface area contributed by atoms with E-state index in [-0.39, 0.29) is 5.75 Å². The van der Waals surface area contributed by atoms with Crippen LogP contribution in [0.1, 0.15) is 18.4 Å². The highest BCUT2D eigenvalue weighted by Gasteiger charge is 2.13. The molecule has 1 aliphatic rings. The number of anilines is 1. The lowest BCUT2D eigenvalue weighted by Gasteiger charge is -2.22. The second kappa shape index (κ2) is 4.53. The minimum absolute atomic E-state index is 0.181. The van der Waals surface area contributed by atoms with Gasteiger partial charge in [-0.1, -0.05) is 6.07 Å². The fraction of sp³-hybridized carbons (Fsp3) is 0.500. The molecule has 1 fully saturated rings. The van der Waals surface area contributed by atoms with Crippen LogP contribution in [-0.4, -0.2) is 18.2 Å². The van der Waals surface area contributed by atoms with Gasteiger partial charge in [0.05, 0.1) is 5.69 Å². The minimum Gasteiger partial charge on any atom is -0.506 e. The van der Waals surface area contributed by atoms with E-state index in [1.165, 1.54) is 18.4 Å². The van der Waals surface area contributed by atoms with E-state index in [1.54, 1.807) is 6.07 Å². The number of rotatable bonds is 2. The van der Waals surface area contributed by atoms with Gasteiger partial charge in [-0.15, -0.1) is 0 Å². The van der Waals surface area contributed by atoms with Gasteiger partial charge < -0.3 is 16.2 Å². The van der Waals surface area contributed by atoms with Crippen molar-refractivity contribution in [2.24, 2.45) is 5.92 Å². The number of nitrogen functional groups attached to an aromatic ring is 1. The third-order valence-corrected chi connectivity index (χ3v) is 3.02. The molecule has 1 unspecified atom stereocenters. The first-order valence-electron chi connectivity index (χ1n) is 5.54. The summed E-state index contributed by atoms with van der Waals surface area (Å²) in [6.07, 6.45) is 3.60. The Kier molecular flexibility index (Phi) is 3.11. The van der Waals surface area contributed by atoms with Gasteiger partial charge in [0, 0.05) is 0 Å². The van der Waals surface area contributed by atoms with E-state index in [2.05, 4.69) is 5.32 Å². The minimum atomic E-state index is 0.181. The molecule has 0 radical (unpaired) electrons. The van der Waals surface area contributed by atoms with Gasteiger partial charge in [-0.3, -0.25) is 0 Å². The fourth-order valence-corrected chi connectivity index (χ4v) is 2.16. The molecule has 1 aromatic rings. The molecule has 15 heavy (non-hydrogen) atoms. The summed E-state index contributed by atoms with van der Waals surface area (Å²) in [4.78, 5) is 0. The SMILES string of the molecule is Nc1cc(CC2CCCNC2)ccc1O. The smallest absolute Gasteiger partial charge is 0.138 e. The van der Waals surface area contributed by atoms with Crippen LogP contribution in [0.4, 0.5) is 5.69 Å². The Labute approximate surface area is 90.3 Å². The van der Waals surface area contributed by atoms with Crippen LogP contribution >= 0.6 is 0 Å². The van der Waals surface area contributed by atoms with Crippen LogP contribution in [0.5, 0.6) is 5.75 Å². The van der Waals surface area contributed by atoms with Gasteiger partial charge >= 0.3 is 0 Å². The molecule has 0 saturated carbocycles. The second-order valence-electron chi connectivity index (χ2n) is 4.31. The van der Waals surface area contributed by atoms with Gasteiger partial charge in [0.2, 0.25) is 0 Å². The van der Waals surface area contributed by atoms with Crippen LogP contribution in [0.3, 0.4) is 0 Å². The van der Waals surface area contributed by atoms with Crippen molar-refractivity contribution in [2.45, 2.75) is 19.3 Å². The Balaban J connectivity index is 2.00. The van der Waals surface area contributed by atoms with Crippen LogP contribution in [0.15, 0.2) is 18.2 Å². The quantitative estimate of drug-likeness (QED) is 0.508. The largest absolute Gasteiger partial charge is 0.506 e. The number of hydrogen-bond acceptors (Lipinski definition) is 3. The summed E-state index contributed by atoms with van der Waals surface area (Å²) in [6.45, 7) is 2.25. The van der Waals surface area contributed by atoms with E-state index in [9.17, 15) is 5.11 Å². The van der Waals surface area contributed by atoms with Crippen LogP contribution in [-0.2, 0) is 6.42 Å². The average molecular weight is 206 g/mol. The molecule has 0 amide bonds. The lowest BCUT2D eigenvalue weighted by atomic mass is 9.92. The zero-order valence-corrected chi connectivity index (χ0v) is 8.87. The molecule has 4 N–H and O–H groups in total. The first-order chi connectivity index (χ1) is 7.25. The molecule has 1 aliphatic heterocycles. The summed E-state index contributed by atoms with van der Waals surface area (Å²) in [5.74, 6) is 0.892. The molecule has 1 aromatic carbocycles. The van der Waals surface area contributed by atoms with E-state index < -0.39 is 0 Å². The third kappa shape index (κ3) is 2.63. The Morgan fingerprint density at radius 2 is 2.33 bits per heavy atom. The molecule has 1 saturated heterocycles. The molecule has 0 spiro atoms. The standard InChI is InChI=1S/C12H18N2O/c13-11-7-9(3-4-12(11)15)6-10-2-1-5-14-8-10/h3-4,7,10,14-15H,1-2,5-6,8,13H2. The van der Waals surface area contributed by atoms with E-state index in [1.807, 2.05) is 12.1 Å². The number of nitrogens with two attached hydrogens (primary N) is 1. The highest BCUT2D eigenvalue weighted by atomic mass is 16.3. The number of piperidine rings is 1. The highest BCUT2D eigenvalue weighted by molar-refractivity contribution is 5.53. The Morgan fingerprint density at radius 3 is 3.00 bits per heavy atom. The first-order valence-corrected chi connectivity index (χ1v) is 5.54. The zero-order valence-electron chi connectivity index (χ0n) is 8.87. The van der Waals surface area contributed by atoms with Crippen LogP contribution in [0.2, 0.25) is 0 Å². The molecular weight excluding hydrogens is 188 g/mol. The zero-order chi connectivity index (χ0) is 10.7. The number of phenolic OH excluding ortho intramolecular Hbond substituents is 1. The Morgan fingerprint density at radius 1 is 1.47 bits per heavy atom. The van der Waals surface area contributed by atoms with Crippen molar-refractivity contribution in [1.82, 2.24) is 5.32 Å². The van der Waals surface area contributed by atoms with Crippen molar-refractivity contribution in [1.29, 1.82) is 0 Å². The maximum Gasteiger partial charge on any atom is 0.138 e. The molecule has 3 nitrogen and oxygen atoms in total. The van der Waals surface area contributed by atoms with Crippen molar-refractivity contribution >= 4 is 5.69 Å². The Hall–Kier alpha value is -1.22. The van der Waals surface area contributed by atoms with E-state index in [4.69, 9.17) is 5.73 Å². The van der Waals surface area contributed by atoms with Crippen LogP contribution in [0.25, 0.3) is 0 Å². The van der Waals surface area contributed by atoms with Gasteiger partial charge in [-0.2, -0.15) is 0 Å². The molecule has 0 bridgehead atoms. The Bertz CT molecular complexity index is 332. The predicted molar refractivity (Wildman–Crippen MR) is 61.8 cm³/mol. The average Bonchev–Trinajstić information content (AvgIpc) is 2.25. The van der Waals surface area contributed by atoms with Gasteiger partial charge in [0.1, 0.15) is 5.75 Å². The monoisotopic (exact) mass is 206 g/mol. The third-order valence-electron chi connectivity index (χ3n) is 3.02. The normalized spacial score (nSPS) is 21.5. The number of nitrogens with one attached hydrogen (secondary N) is 1. The topological polar surface area (TPSA) is 58.3 Å². The van der Waals surface area contributed by atoms with Gasteiger partial charge in [-0.05, 0) is 56.0 Å². The predicted octanol–water partition coefficient (Wildman–Crippen LogP) is 1.52. The maximum atomic E-state index is 9.31. The summed E-state index contributed by atoms with van der Waals surface area (Å²) >= 11 is 0. The van der Waals surface area contributed by atoms with E-state index >= 15 is 0 Å². The number of phenols is 1. The lowest BCUT2D eigenvalue weighted by Crippen LogP contribution is -2.30. The van der Waals surface area contributed by atoms with Crippen LogP contribution in [0, 0.1) is 5.92 Å². The summed E-state index contributed by atoms with van der Waals surface area (Å²) in [5, 5.41) is 12.7. The molecule has 2 rings (SSSR count). The molecule has 0 aliphatic carbocycles. The number of aromatic hydroxyl groups is 1. The lowest BCUT2D eigenvalue weighted by molar-refractivity contribution is 0.376. The molecule has 1 heterocycles. The summed E-state index contributed by atoms with van der Waals surface area (Å²) < 4.78 is 0. The maximum absolute atomic E-state index is 9.31. The molecule has 1 atom stereocenters. The number of hydrogen-bond donors (Lipinski definition) is 3. The first kappa shape index (κ1) is 10.3. The van der Waals surface area contributed by atoms with E-state index in [0.717, 1.165) is 19.5 Å². The molecule has 3 heteroatoms. The van der Waals surface area contributed by atoms with Crippen molar-refractivity contribution < 1.29 is 5.11 Å². The molecule has 0 aromatic heterocycles. The highest BCUT2D eigenvalue weighted by Crippen LogP contribution is 2.23. The van der Waals surface area contributed by atoms with E-state index in [0.29, 0.717) is 11.6 Å². The fourth-order valence-electron chi connectivity index (χ4n) is 2.16. The molecule has 82 valence electrons. The van der Waals surface area contributed by atoms with Gasteiger partial charge in [0.15, 0.2) is 0 Å². The summed E-state index contributed by atoms with van der Waals surface area (Å²) in [7, 11) is 0. The molecular formula is C12H18N2O. The van der Waals surface area contributed by atoms with Gasteiger partial charge in [0.25, 0.3) is 0 Å². The second-order valence-corrected chi connectivity index (χ2v) is 4.31. The van der Waals surface area contributed by atoms with Crippen LogP contribution < -0.4 is 11.1 Å². The van der Waals surface area contributed by atoms with Crippen molar-refractivity contribution in [2.75, 3.05) is 18.8 Å². The summed E-state index contributed by atoms with van der Waals surface area (Å²) in [6, 6.07) is 5.52. The number of benzene rings is 1. The van der Waals surface area contributed by atoms with Gasteiger partial charge in [-0.25, -0.2) is 0 Å². The summed E-state index contributed by atoms with van der Waals surface area (Å²) in [5.41, 5.74) is 7.36. The van der Waals surface area contributed by atoms with Crippen molar-refractivity contribution in [3.8, 4) is 5.75 Å². The van der Waals surface area contributed by atoms with Crippen molar-refractivity contribution in [3.05, 3.63) is 23.8 Å².